The third-order valence-corrected chi connectivity index (χ3v) is 6.18. The van der Waals surface area contributed by atoms with E-state index < -0.39 is 6.04 Å². The lowest BCUT2D eigenvalue weighted by molar-refractivity contribution is -0.137. The fraction of sp³-hybridized carbons (Fsp3) is 0.346. The Kier molecular flexibility index (Phi) is 7.52. The normalized spacial score (nSPS) is 18.9. The summed E-state index contributed by atoms with van der Waals surface area (Å²) in [7, 11) is 0. The van der Waals surface area contributed by atoms with Crippen LogP contribution in [-0.4, -0.2) is 40.8 Å². The lowest BCUT2D eigenvalue weighted by atomic mass is 9.70. The van der Waals surface area contributed by atoms with Gasteiger partial charge < -0.3 is 10.2 Å². The molecular weight excluding hydrogens is 422 g/mol. The van der Waals surface area contributed by atoms with Crippen molar-refractivity contribution in [2.75, 3.05) is 13.1 Å². The fourth-order valence-electron chi connectivity index (χ4n) is 4.26. The van der Waals surface area contributed by atoms with Gasteiger partial charge in [-0.05, 0) is 66.2 Å². The number of carbonyl (C=O) groups excluding carboxylic acids is 2. The number of amides is 2. The third kappa shape index (κ3) is 5.86. The van der Waals surface area contributed by atoms with E-state index in [1.165, 1.54) is 11.6 Å². The standard InChI is InChI=1S/C26H30ClN3O2/c1-18(2)24(29-23(31)13-12-21-7-5-6-15-28-21)25(32)30-16-14-22(26(3,4)17-30)19-8-10-20(27)11-9-19/h5-13,15,22,24H,1,14,16-17H2,2-4H3,(H,29,31)/b13-12+/t22?,24-/m1/s1. The first-order valence-corrected chi connectivity index (χ1v) is 11.1. The van der Waals surface area contributed by atoms with Crippen LogP contribution in [0.4, 0.5) is 0 Å². The maximum Gasteiger partial charge on any atom is 0.249 e. The van der Waals surface area contributed by atoms with E-state index in [9.17, 15) is 9.59 Å². The van der Waals surface area contributed by atoms with Crippen molar-refractivity contribution in [3.8, 4) is 0 Å². The van der Waals surface area contributed by atoms with Gasteiger partial charge in [0.2, 0.25) is 11.8 Å². The van der Waals surface area contributed by atoms with Gasteiger partial charge in [-0.1, -0.05) is 50.2 Å². The zero-order chi connectivity index (χ0) is 23.3. The van der Waals surface area contributed by atoms with Crippen molar-refractivity contribution >= 4 is 29.5 Å². The molecule has 6 heteroatoms. The smallest absolute Gasteiger partial charge is 0.249 e. The van der Waals surface area contributed by atoms with E-state index in [1.807, 2.05) is 29.2 Å². The van der Waals surface area contributed by atoms with Crippen LogP contribution in [0, 0.1) is 5.41 Å². The first-order chi connectivity index (χ1) is 15.2. The Morgan fingerprint density at radius 2 is 1.97 bits per heavy atom. The van der Waals surface area contributed by atoms with E-state index in [4.69, 9.17) is 11.6 Å². The zero-order valence-corrected chi connectivity index (χ0v) is 19.6. The molecule has 1 aromatic carbocycles. The highest BCUT2D eigenvalue weighted by molar-refractivity contribution is 6.30. The van der Waals surface area contributed by atoms with E-state index in [0.717, 1.165) is 11.4 Å². The molecule has 0 saturated carbocycles. The Labute approximate surface area is 195 Å². The first-order valence-electron chi connectivity index (χ1n) is 10.8. The number of pyridine rings is 1. The molecular formula is C26H30ClN3O2. The van der Waals surface area contributed by atoms with E-state index >= 15 is 0 Å². The number of carbonyl (C=O) groups is 2. The largest absolute Gasteiger partial charge is 0.340 e. The van der Waals surface area contributed by atoms with Gasteiger partial charge in [0, 0.05) is 30.4 Å². The number of halogens is 1. The maximum atomic E-state index is 13.3. The summed E-state index contributed by atoms with van der Waals surface area (Å²) in [5, 5.41) is 3.52. The van der Waals surface area contributed by atoms with Gasteiger partial charge in [0.1, 0.15) is 6.04 Å². The summed E-state index contributed by atoms with van der Waals surface area (Å²) < 4.78 is 0. The van der Waals surface area contributed by atoms with Crippen LogP contribution < -0.4 is 5.32 Å². The molecule has 0 bridgehead atoms. The zero-order valence-electron chi connectivity index (χ0n) is 18.8. The van der Waals surface area contributed by atoms with Crippen LogP contribution in [0.15, 0.2) is 66.9 Å². The number of nitrogens with one attached hydrogen (secondary N) is 1. The molecule has 32 heavy (non-hydrogen) atoms. The van der Waals surface area contributed by atoms with Crippen molar-refractivity contribution in [2.45, 2.75) is 39.2 Å². The molecule has 1 aromatic heterocycles. The number of likely N-dealkylation sites (tertiary alicyclic amines) is 1. The average molecular weight is 452 g/mol. The molecule has 1 fully saturated rings. The topological polar surface area (TPSA) is 62.3 Å². The minimum atomic E-state index is -0.765. The Hall–Kier alpha value is -2.92. The number of benzene rings is 1. The molecule has 1 N–H and O–H groups in total. The molecule has 1 aliphatic heterocycles. The lowest BCUT2D eigenvalue weighted by Crippen LogP contribution is -2.54. The Balaban J connectivity index is 1.67. The van der Waals surface area contributed by atoms with E-state index in [-0.39, 0.29) is 17.2 Å². The molecule has 1 aliphatic rings. The Morgan fingerprint density at radius 1 is 1.25 bits per heavy atom. The second-order valence-corrected chi connectivity index (χ2v) is 9.45. The Morgan fingerprint density at radius 3 is 2.56 bits per heavy atom. The van der Waals surface area contributed by atoms with Gasteiger partial charge in [0.15, 0.2) is 0 Å². The summed E-state index contributed by atoms with van der Waals surface area (Å²) in [6, 6.07) is 12.7. The second-order valence-electron chi connectivity index (χ2n) is 9.02. The van der Waals surface area contributed by atoms with Crippen LogP contribution >= 0.6 is 11.6 Å². The van der Waals surface area contributed by atoms with Gasteiger partial charge in [0.25, 0.3) is 0 Å². The van der Waals surface area contributed by atoms with Gasteiger partial charge >= 0.3 is 0 Å². The van der Waals surface area contributed by atoms with Crippen molar-refractivity contribution in [3.63, 3.8) is 0 Å². The minimum absolute atomic E-state index is 0.121. The van der Waals surface area contributed by atoms with E-state index in [1.54, 1.807) is 25.3 Å². The third-order valence-electron chi connectivity index (χ3n) is 5.93. The van der Waals surface area contributed by atoms with Gasteiger partial charge in [0.05, 0.1) is 5.69 Å². The van der Waals surface area contributed by atoms with E-state index in [2.05, 4.69) is 42.9 Å². The SMILES string of the molecule is C=C(C)[C@@H](NC(=O)/C=C/c1ccccn1)C(=O)N1CCC(c2ccc(Cl)cc2)C(C)(C)C1. The molecule has 1 unspecified atom stereocenters. The number of hydrogen-bond acceptors (Lipinski definition) is 3. The molecule has 2 aromatic rings. The van der Waals surface area contributed by atoms with Gasteiger partial charge in [-0.15, -0.1) is 0 Å². The first kappa shape index (κ1) is 23.7. The van der Waals surface area contributed by atoms with E-state index in [0.29, 0.717) is 30.3 Å². The number of hydrogen-bond donors (Lipinski definition) is 1. The highest BCUT2D eigenvalue weighted by Crippen LogP contribution is 2.42. The van der Waals surface area contributed by atoms with Crippen molar-refractivity contribution in [1.29, 1.82) is 0 Å². The lowest BCUT2D eigenvalue weighted by Gasteiger charge is -2.45. The van der Waals surface area contributed by atoms with Gasteiger partial charge in [-0.25, -0.2) is 0 Å². The fourth-order valence-corrected chi connectivity index (χ4v) is 4.39. The molecule has 0 aliphatic carbocycles. The monoisotopic (exact) mass is 451 g/mol. The summed E-state index contributed by atoms with van der Waals surface area (Å²) in [5.74, 6) is -0.157. The van der Waals surface area contributed by atoms with Crippen LogP contribution in [0.5, 0.6) is 0 Å². The molecule has 2 heterocycles. The molecule has 0 radical (unpaired) electrons. The highest BCUT2D eigenvalue weighted by atomic mass is 35.5. The van der Waals surface area contributed by atoms with Gasteiger partial charge in [-0.2, -0.15) is 0 Å². The van der Waals surface area contributed by atoms with Crippen molar-refractivity contribution in [1.82, 2.24) is 15.2 Å². The predicted molar refractivity (Wildman–Crippen MR) is 129 cm³/mol. The van der Waals surface area contributed by atoms with Crippen LogP contribution in [0.25, 0.3) is 6.08 Å². The summed E-state index contributed by atoms with van der Waals surface area (Å²) in [6.07, 6.45) is 5.52. The summed E-state index contributed by atoms with van der Waals surface area (Å²) >= 11 is 6.05. The molecule has 1 saturated heterocycles. The number of piperidine rings is 1. The minimum Gasteiger partial charge on any atom is -0.340 e. The molecule has 0 spiro atoms. The summed E-state index contributed by atoms with van der Waals surface area (Å²) in [4.78, 5) is 31.8. The van der Waals surface area contributed by atoms with Crippen LogP contribution in [-0.2, 0) is 9.59 Å². The number of rotatable bonds is 6. The summed E-state index contributed by atoms with van der Waals surface area (Å²) in [5.41, 5.74) is 2.39. The Bertz CT molecular complexity index is 999. The molecule has 3 rings (SSSR count). The quantitative estimate of drug-likeness (QED) is 0.504. The predicted octanol–water partition coefficient (Wildman–Crippen LogP) is 4.85. The average Bonchev–Trinajstić information content (AvgIpc) is 2.76. The van der Waals surface area contributed by atoms with Crippen LogP contribution in [0.1, 0.15) is 44.4 Å². The van der Waals surface area contributed by atoms with Crippen molar-refractivity contribution in [3.05, 3.63) is 83.2 Å². The number of nitrogens with zero attached hydrogens (tertiary/aromatic N) is 2. The van der Waals surface area contributed by atoms with Crippen LogP contribution in [0.3, 0.4) is 0 Å². The molecule has 2 amide bonds. The van der Waals surface area contributed by atoms with Crippen LogP contribution in [0.2, 0.25) is 5.02 Å². The second kappa shape index (κ2) is 10.1. The maximum absolute atomic E-state index is 13.3. The molecule has 168 valence electrons. The number of aromatic nitrogens is 1. The molecule has 5 nitrogen and oxygen atoms in total. The van der Waals surface area contributed by atoms with Crippen molar-refractivity contribution < 1.29 is 9.59 Å². The highest BCUT2D eigenvalue weighted by Gasteiger charge is 2.40. The van der Waals surface area contributed by atoms with Gasteiger partial charge in [-0.3, -0.25) is 14.6 Å². The van der Waals surface area contributed by atoms with Crippen molar-refractivity contribution in [2.24, 2.45) is 5.41 Å². The summed E-state index contributed by atoms with van der Waals surface area (Å²) in [6.45, 7) is 11.3. The molecule has 2 atom stereocenters.